The van der Waals surface area contributed by atoms with Crippen LogP contribution in [0, 0.1) is 0 Å². The van der Waals surface area contributed by atoms with Gasteiger partial charge in [0.15, 0.2) is 0 Å². The van der Waals surface area contributed by atoms with E-state index in [1.54, 1.807) is 18.9 Å². The predicted molar refractivity (Wildman–Crippen MR) is 66.9 cm³/mol. The summed E-state index contributed by atoms with van der Waals surface area (Å²) in [5, 5.41) is 11.3. The van der Waals surface area contributed by atoms with Crippen LogP contribution in [-0.2, 0) is 4.79 Å². The van der Waals surface area contributed by atoms with Crippen molar-refractivity contribution in [2.24, 2.45) is 0 Å². The molecule has 0 aromatic rings. The van der Waals surface area contributed by atoms with Gasteiger partial charge in [-0.15, -0.1) is 6.58 Å². The van der Waals surface area contributed by atoms with Crippen LogP contribution in [0.2, 0.25) is 0 Å². The highest BCUT2D eigenvalue weighted by Crippen LogP contribution is 1.99. The second-order valence-corrected chi connectivity index (χ2v) is 4.14. The van der Waals surface area contributed by atoms with Crippen LogP contribution >= 0.6 is 0 Å². The van der Waals surface area contributed by atoms with Gasteiger partial charge in [-0.1, -0.05) is 6.08 Å². The molecule has 0 saturated carbocycles. The number of hydrogen-bond donors (Lipinski definition) is 2. The highest BCUT2D eigenvalue weighted by atomic mass is 16.4. The van der Waals surface area contributed by atoms with Crippen molar-refractivity contribution in [2.75, 3.05) is 13.6 Å². The van der Waals surface area contributed by atoms with Gasteiger partial charge in [0.1, 0.15) is 0 Å². The van der Waals surface area contributed by atoms with Gasteiger partial charge in [0.25, 0.3) is 0 Å². The number of carbonyl (C=O) groups is 2. The Morgan fingerprint density at radius 2 is 2.18 bits per heavy atom. The molecule has 5 heteroatoms. The van der Waals surface area contributed by atoms with Crippen molar-refractivity contribution in [3.05, 3.63) is 12.7 Å². The molecule has 0 radical (unpaired) electrons. The van der Waals surface area contributed by atoms with Crippen molar-refractivity contribution >= 4 is 12.0 Å². The summed E-state index contributed by atoms with van der Waals surface area (Å²) < 4.78 is 0. The molecule has 0 spiro atoms. The number of carboxylic acids is 1. The van der Waals surface area contributed by atoms with Crippen LogP contribution in [0.3, 0.4) is 0 Å². The first-order chi connectivity index (χ1) is 7.97. The summed E-state index contributed by atoms with van der Waals surface area (Å²) >= 11 is 0. The highest BCUT2D eigenvalue weighted by Gasteiger charge is 2.12. The van der Waals surface area contributed by atoms with Gasteiger partial charge in [-0.2, -0.15) is 0 Å². The van der Waals surface area contributed by atoms with E-state index < -0.39 is 5.97 Å². The van der Waals surface area contributed by atoms with Crippen LogP contribution in [-0.4, -0.2) is 41.6 Å². The number of carboxylic acid groups (broad SMARTS) is 1. The maximum Gasteiger partial charge on any atom is 0.317 e. The SMILES string of the molecule is C=CCCCN(C)C(=O)NC(C)CCC(=O)O. The largest absolute Gasteiger partial charge is 0.481 e. The Labute approximate surface area is 102 Å². The molecule has 0 heterocycles. The number of amides is 2. The lowest BCUT2D eigenvalue weighted by molar-refractivity contribution is -0.137. The van der Waals surface area contributed by atoms with Crippen LogP contribution in [0.5, 0.6) is 0 Å². The summed E-state index contributed by atoms with van der Waals surface area (Å²) in [7, 11) is 1.72. The van der Waals surface area contributed by atoms with Crippen LogP contribution < -0.4 is 5.32 Å². The van der Waals surface area contributed by atoms with Crippen LogP contribution in [0.4, 0.5) is 4.79 Å². The number of unbranched alkanes of at least 4 members (excludes halogenated alkanes) is 1. The molecule has 17 heavy (non-hydrogen) atoms. The van der Waals surface area contributed by atoms with Crippen LogP contribution in [0.1, 0.15) is 32.6 Å². The predicted octanol–water partition coefficient (Wildman–Crippen LogP) is 1.85. The molecule has 98 valence electrons. The second-order valence-electron chi connectivity index (χ2n) is 4.14. The summed E-state index contributed by atoms with van der Waals surface area (Å²) in [6.45, 7) is 6.09. The number of carbonyl (C=O) groups excluding carboxylic acids is 1. The molecule has 0 rings (SSSR count). The van der Waals surface area contributed by atoms with E-state index in [-0.39, 0.29) is 18.5 Å². The van der Waals surface area contributed by atoms with Crippen LogP contribution in [0.25, 0.3) is 0 Å². The monoisotopic (exact) mass is 242 g/mol. The maximum absolute atomic E-state index is 11.6. The molecule has 2 amide bonds. The van der Waals surface area contributed by atoms with Gasteiger partial charge in [0, 0.05) is 26.1 Å². The van der Waals surface area contributed by atoms with E-state index in [1.165, 1.54) is 0 Å². The van der Waals surface area contributed by atoms with E-state index in [0.29, 0.717) is 13.0 Å². The van der Waals surface area contributed by atoms with E-state index in [2.05, 4.69) is 11.9 Å². The van der Waals surface area contributed by atoms with Crippen molar-refractivity contribution in [3.63, 3.8) is 0 Å². The molecule has 2 N–H and O–H groups in total. The zero-order valence-electron chi connectivity index (χ0n) is 10.6. The van der Waals surface area contributed by atoms with Crippen molar-refractivity contribution in [2.45, 2.75) is 38.6 Å². The zero-order chi connectivity index (χ0) is 13.3. The number of rotatable bonds is 8. The van der Waals surface area contributed by atoms with Gasteiger partial charge in [-0.25, -0.2) is 4.79 Å². The molecule has 0 aromatic heterocycles. The average molecular weight is 242 g/mol. The van der Waals surface area contributed by atoms with Gasteiger partial charge >= 0.3 is 12.0 Å². The third-order valence-electron chi connectivity index (χ3n) is 2.41. The van der Waals surface area contributed by atoms with Crippen molar-refractivity contribution < 1.29 is 14.7 Å². The number of aliphatic carboxylic acids is 1. The molecule has 0 aliphatic heterocycles. The summed E-state index contributed by atoms with van der Waals surface area (Å²) in [4.78, 5) is 23.6. The Kier molecular flexibility index (Phi) is 7.84. The molecular formula is C12H22N2O3. The Balaban J connectivity index is 3.81. The second kappa shape index (κ2) is 8.61. The molecule has 0 bridgehead atoms. The molecule has 0 saturated heterocycles. The van der Waals surface area contributed by atoms with E-state index in [4.69, 9.17) is 5.11 Å². The van der Waals surface area contributed by atoms with Gasteiger partial charge in [-0.05, 0) is 26.2 Å². The Morgan fingerprint density at radius 3 is 2.71 bits per heavy atom. The Bertz CT molecular complexity index is 266. The fraction of sp³-hybridized carbons (Fsp3) is 0.667. The van der Waals surface area contributed by atoms with E-state index in [1.807, 2.05) is 6.08 Å². The first kappa shape index (κ1) is 15.5. The minimum atomic E-state index is -0.842. The van der Waals surface area contributed by atoms with Gasteiger partial charge in [0.05, 0.1) is 0 Å². The van der Waals surface area contributed by atoms with Gasteiger partial charge in [0.2, 0.25) is 0 Å². The summed E-state index contributed by atoms with van der Waals surface area (Å²) in [6.07, 6.45) is 4.10. The molecule has 0 aromatic carbocycles. The molecule has 0 fully saturated rings. The van der Waals surface area contributed by atoms with E-state index in [0.717, 1.165) is 12.8 Å². The van der Waals surface area contributed by atoms with Crippen molar-refractivity contribution in [1.29, 1.82) is 0 Å². The minimum Gasteiger partial charge on any atom is -0.481 e. The fourth-order valence-electron chi connectivity index (χ4n) is 1.31. The molecule has 0 aliphatic rings. The molecule has 1 unspecified atom stereocenters. The number of allylic oxidation sites excluding steroid dienone is 1. The number of nitrogens with one attached hydrogen (secondary N) is 1. The topological polar surface area (TPSA) is 69.6 Å². The van der Waals surface area contributed by atoms with Gasteiger partial charge in [-0.3, -0.25) is 4.79 Å². The molecule has 0 aliphatic carbocycles. The lowest BCUT2D eigenvalue weighted by atomic mass is 10.2. The lowest BCUT2D eigenvalue weighted by Crippen LogP contribution is -2.42. The Morgan fingerprint density at radius 1 is 1.53 bits per heavy atom. The van der Waals surface area contributed by atoms with E-state index in [9.17, 15) is 9.59 Å². The van der Waals surface area contributed by atoms with Gasteiger partial charge < -0.3 is 15.3 Å². The quantitative estimate of drug-likeness (QED) is 0.504. The third-order valence-corrected chi connectivity index (χ3v) is 2.41. The normalized spacial score (nSPS) is 11.6. The number of urea groups is 1. The molecule has 5 nitrogen and oxygen atoms in total. The number of hydrogen-bond acceptors (Lipinski definition) is 2. The zero-order valence-corrected chi connectivity index (χ0v) is 10.6. The summed E-state index contributed by atoms with van der Waals surface area (Å²) in [5.41, 5.74) is 0. The first-order valence-corrected chi connectivity index (χ1v) is 5.81. The standard InChI is InChI=1S/C12H22N2O3/c1-4-5-6-9-14(3)12(17)13-10(2)7-8-11(15)16/h4,10H,1,5-9H2,2-3H3,(H,13,17)(H,15,16). The molecule has 1 atom stereocenters. The van der Waals surface area contributed by atoms with Crippen molar-refractivity contribution in [3.8, 4) is 0 Å². The Hall–Kier alpha value is -1.52. The third kappa shape index (κ3) is 8.30. The van der Waals surface area contributed by atoms with Crippen LogP contribution in [0.15, 0.2) is 12.7 Å². The number of nitrogens with zero attached hydrogens (tertiary/aromatic N) is 1. The smallest absolute Gasteiger partial charge is 0.317 e. The molecular weight excluding hydrogens is 220 g/mol. The first-order valence-electron chi connectivity index (χ1n) is 5.81. The minimum absolute atomic E-state index is 0.0711. The van der Waals surface area contributed by atoms with Crippen molar-refractivity contribution in [1.82, 2.24) is 10.2 Å². The van der Waals surface area contributed by atoms with E-state index >= 15 is 0 Å². The highest BCUT2D eigenvalue weighted by molar-refractivity contribution is 5.74. The average Bonchev–Trinajstić information content (AvgIpc) is 2.26. The summed E-state index contributed by atoms with van der Waals surface area (Å²) in [6, 6.07) is -0.285. The maximum atomic E-state index is 11.6. The lowest BCUT2D eigenvalue weighted by Gasteiger charge is -2.20. The fourth-order valence-corrected chi connectivity index (χ4v) is 1.31. The summed E-state index contributed by atoms with van der Waals surface area (Å²) in [5.74, 6) is -0.842.